The molecule has 0 saturated carbocycles. The molecule has 5 rings (SSSR count). The molecule has 2 fully saturated rings. The third kappa shape index (κ3) is 8.60. The number of hydrogen-bond donors (Lipinski definition) is 0. The van der Waals surface area contributed by atoms with Gasteiger partial charge in [-0.1, -0.05) is 54.6 Å². The zero-order valence-electron chi connectivity index (χ0n) is 26.4. The number of ether oxygens (including phenoxy) is 1. The van der Waals surface area contributed by atoms with Gasteiger partial charge in [0.05, 0.1) is 24.5 Å². The second-order valence-corrected chi connectivity index (χ2v) is 14.1. The summed E-state index contributed by atoms with van der Waals surface area (Å²) in [6.45, 7) is 7.96. The molecule has 0 N–H and O–H groups in total. The maximum atomic E-state index is 13.3. The number of morpholine rings is 1. The third-order valence-corrected chi connectivity index (χ3v) is 10.3. The van der Waals surface area contributed by atoms with Crippen molar-refractivity contribution in [1.82, 2.24) is 14.7 Å². The summed E-state index contributed by atoms with van der Waals surface area (Å²) in [4.78, 5) is 32.9. The van der Waals surface area contributed by atoms with E-state index in [1.165, 1.54) is 17.4 Å². The minimum absolute atomic E-state index is 0.0634. The van der Waals surface area contributed by atoms with Gasteiger partial charge in [0.25, 0.3) is 5.91 Å². The molecule has 0 radical (unpaired) electrons. The van der Waals surface area contributed by atoms with Gasteiger partial charge in [-0.05, 0) is 73.7 Å². The van der Waals surface area contributed by atoms with E-state index in [2.05, 4.69) is 41.3 Å². The summed E-state index contributed by atoms with van der Waals surface area (Å²) >= 11 is 0. The summed E-state index contributed by atoms with van der Waals surface area (Å²) in [6.07, 6.45) is 4.29. The minimum Gasteiger partial charge on any atom is -0.378 e. The lowest BCUT2D eigenvalue weighted by Crippen LogP contribution is -2.48. The molecule has 0 bridgehead atoms. The van der Waals surface area contributed by atoms with Crippen LogP contribution >= 0.6 is 0 Å². The van der Waals surface area contributed by atoms with Gasteiger partial charge in [0, 0.05) is 56.5 Å². The van der Waals surface area contributed by atoms with Gasteiger partial charge in [0.2, 0.25) is 5.91 Å². The number of sulfone groups is 1. The van der Waals surface area contributed by atoms with Crippen LogP contribution < -0.4 is 0 Å². The normalized spacial score (nSPS) is 17.2. The van der Waals surface area contributed by atoms with Crippen LogP contribution in [-0.4, -0.2) is 99.7 Å². The van der Waals surface area contributed by atoms with Crippen molar-refractivity contribution in [3.05, 3.63) is 101 Å². The van der Waals surface area contributed by atoms with E-state index in [4.69, 9.17) is 4.74 Å². The van der Waals surface area contributed by atoms with Crippen molar-refractivity contribution in [2.75, 3.05) is 58.7 Å². The summed E-state index contributed by atoms with van der Waals surface area (Å²) in [5, 5.41) is 0. The summed E-state index contributed by atoms with van der Waals surface area (Å²) < 4.78 is 28.9. The Morgan fingerprint density at radius 3 is 2.09 bits per heavy atom. The van der Waals surface area contributed by atoms with Crippen molar-refractivity contribution in [3.63, 3.8) is 0 Å². The lowest BCUT2D eigenvalue weighted by molar-refractivity contribution is -0.133. The molecule has 45 heavy (non-hydrogen) atoms. The van der Waals surface area contributed by atoms with Crippen LogP contribution in [0.2, 0.25) is 0 Å². The monoisotopic (exact) mass is 631 g/mol. The van der Waals surface area contributed by atoms with Crippen molar-refractivity contribution in [3.8, 4) is 0 Å². The number of amides is 2. The number of nitrogens with zero attached hydrogens (tertiary/aromatic N) is 3. The highest BCUT2D eigenvalue weighted by Crippen LogP contribution is 2.30. The molecular formula is C36H45N3O5S. The van der Waals surface area contributed by atoms with E-state index in [1.54, 1.807) is 24.3 Å². The fourth-order valence-electron chi connectivity index (χ4n) is 6.55. The van der Waals surface area contributed by atoms with Gasteiger partial charge in [-0.3, -0.25) is 9.59 Å². The summed E-state index contributed by atoms with van der Waals surface area (Å²) in [5.41, 5.74) is 4.03. The standard InChI is InChI=1S/C36H45N3O5S/c1-3-39(35(40)27-28-9-15-33(16-10-28)45(2,42)43)32-17-20-37(21-18-32)22-19-34(29-7-5-4-6-8-29)30-11-13-31(14-12-30)36(41)38-23-25-44-26-24-38/h4-16,32,34H,3,17-27H2,1-2H3. The molecule has 240 valence electrons. The van der Waals surface area contributed by atoms with Gasteiger partial charge in [-0.15, -0.1) is 0 Å². The maximum Gasteiger partial charge on any atom is 0.254 e. The number of piperidine rings is 1. The minimum atomic E-state index is -3.26. The van der Waals surface area contributed by atoms with Crippen molar-refractivity contribution < 1.29 is 22.7 Å². The number of likely N-dealkylation sites (tertiary alicyclic amines) is 1. The van der Waals surface area contributed by atoms with E-state index in [0.717, 1.165) is 50.0 Å². The fourth-order valence-corrected chi connectivity index (χ4v) is 7.18. The SMILES string of the molecule is CCN(C(=O)Cc1ccc(S(C)(=O)=O)cc1)C1CCN(CCC(c2ccccc2)c2ccc(C(=O)N3CCOCC3)cc2)CC1. The van der Waals surface area contributed by atoms with Crippen LogP contribution in [-0.2, 0) is 25.8 Å². The lowest BCUT2D eigenvalue weighted by atomic mass is 9.87. The zero-order valence-corrected chi connectivity index (χ0v) is 27.3. The van der Waals surface area contributed by atoms with Gasteiger partial charge in [-0.2, -0.15) is 0 Å². The molecular weight excluding hydrogens is 586 g/mol. The Kier molecular flexibility index (Phi) is 11.1. The molecule has 3 aromatic carbocycles. The van der Waals surface area contributed by atoms with Gasteiger partial charge >= 0.3 is 0 Å². The Bertz CT molecular complexity index is 1510. The highest BCUT2D eigenvalue weighted by Gasteiger charge is 2.28. The van der Waals surface area contributed by atoms with E-state index in [9.17, 15) is 18.0 Å². The van der Waals surface area contributed by atoms with Crippen LogP contribution in [0.15, 0.2) is 83.8 Å². The van der Waals surface area contributed by atoms with Crippen molar-refractivity contribution in [2.45, 2.75) is 49.5 Å². The first-order valence-electron chi connectivity index (χ1n) is 16.1. The third-order valence-electron chi connectivity index (χ3n) is 9.16. The Labute approximate surface area is 267 Å². The number of likely N-dealkylation sites (N-methyl/N-ethyl adjacent to an activating group) is 1. The van der Waals surface area contributed by atoms with Gasteiger partial charge < -0.3 is 19.4 Å². The molecule has 1 atom stereocenters. The van der Waals surface area contributed by atoms with E-state index in [-0.39, 0.29) is 35.1 Å². The van der Waals surface area contributed by atoms with Crippen LogP contribution in [0.4, 0.5) is 0 Å². The Balaban J connectivity index is 1.17. The number of hydrogen-bond acceptors (Lipinski definition) is 6. The first kappa shape index (κ1) is 32.9. The molecule has 1 unspecified atom stereocenters. The van der Waals surface area contributed by atoms with Crippen LogP contribution in [0.1, 0.15) is 59.2 Å². The van der Waals surface area contributed by atoms with Gasteiger partial charge in [-0.25, -0.2) is 8.42 Å². The molecule has 2 aliphatic heterocycles. The largest absolute Gasteiger partial charge is 0.378 e. The van der Waals surface area contributed by atoms with Crippen LogP contribution in [0.25, 0.3) is 0 Å². The van der Waals surface area contributed by atoms with Gasteiger partial charge in [0.15, 0.2) is 9.84 Å². The molecule has 3 aromatic rings. The number of rotatable bonds is 11. The predicted octanol–water partition coefficient (Wildman–Crippen LogP) is 4.64. The molecule has 0 aliphatic carbocycles. The predicted molar refractivity (Wildman–Crippen MR) is 176 cm³/mol. The van der Waals surface area contributed by atoms with Crippen molar-refractivity contribution >= 4 is 21.7 Å². The molecule has 2 saturated heterocycles. The van der Waals surface area contributed by atoms with Crippen LogP contribution in [0.5, 0.6) is 0 Å². The van der Waals surface area contributed by atoms with E-state index < -0.39 is 9.84 Å². The van der Waals surface area contributed by atoms with E-state index >= 15 is 0 Å². The molecule has 2 aliphatic rings. The first-order chi connectivity index (χ1) is 21.7. The summed E-state index contributed by atoms with van der Waals surface area (Å²) in [6, 6.07) is 25.6. The Morgan fingerprint density at radius 1 is 0.867 bits per heavy atom. The smallest absolute Gasteiger partial charge is 0.254 e. The maximum absolute atomic E-state index is 13.3. The molecule has 8 nitrogen and oxygen atoms in total. The Morgan fingerprint density at radius 2 is 1.49 bits per heavy atom. The van der Waals surface area contributed by atoms with Gasteiger partial charge in [0.1, 0.15) is 0 Å². The van der Waals surface area contributed by atoms with Crippen LogP contribution in [0.3, 0.4) is 0 Å². The first-order valence-corrected chi connectivity index (χ1v) is 17.9. The second-order valence-electron chi connectivity index (χ2n) is 12.1. The molecule has 2 heterocycles. The fraction of sp³-hybridized carbons (Fsp3) is 0.444. The number of benzene rings is 3. The summed E-state index contributed by atoms with van der Waals surface area (Å²) in [7, 11) is -3.26. The highest BCUT2D eigenvalue weighted by atomic mass is 32.2. The van der Waals surface area contributed by atoms with Crippen molar-refractivity contribution in [2.24, 2.45) is 0 Å². The quantitative estimate of drug-likeness (QED) is 0.307. The summed E-state index contributed by atoms with van der Waals surface area (Å²) in [5.74, 6) is 0.371. The molecule has 9 heteroatoms. The number of carbonyl (C=O) groups excluding carboxylic acids is 2. The molecule has 0 aromatic heterocycles. The van der Waals surface area contributed by atoms with Crippen molar-refractivity contribution in [1.29, 1.82) is 0 Å². The van der Waals surface area contributed by atoms with E-state index in [1.807, 2.05) is 34.9 Å². The molecule has 0 spiro atoms. The average Bonchev–Trinajstić information content (AvgIpc) is 3.06. The zero-order chi connectivity index (χ0) is 31.8. The van der Waals surface area contributed by atoms with Crippen LogP contribution in [0, 0.1) is 0 Å². The number of carbonyl (C=O) groups is 2. The highest BCUT2D eigenvalue weighted by molar-refractivity contribution is 7.90. The van der Waals surface area contributed by atoms with E-state index in [0.29, 0.717) is 32.8 Å². The molecule has 2 amide bonds. The second kappa shape index (κ2) is 15.2. The topological polar surface area (TPSA) is 87.2 Å². The Hall–Kier alpha value is -3.53. The average molecular weight is 632 g/mol. The lowest BCUT2D eigenvalue weighted by Gasteiger charge is -2.38.